The van der Waals surface area contributed by atoms with E-state index in [1.165, 1.54) is 18.4 Å². The van der Waals surface area contributed by atoms with Crippen molar-refractivity contribution < 1.29 is 14.3 Å². The first-order chi connectivity index (χ1) is 10.0. The number of hydrogen-bond acceptors (Lipinski definition) is 4. The molecule has 1 aromatic carbocycles. The Morgan fingerprint density at radius 3 is 2.67 bits per heavy atom. The van der Waals surface area contributed by atoms with Crippen LogP contribution in [0.25, 0.3) is 0 Å². The van der Waals surface area contributed by atoms with Gasteiger partial charge >= 0.3 is 5.97 Å². The summed E-state index contributed by atoms with van der Waals surface area (Å²) < 4.78 is 4.65. The maximum atomic E-state index is 12.0. The Kier molecular flexibility index (Phi) is 5.22. The molecule has 0 bridgehead atoms. The van der Waals surface area contributed by atoms with E-state index in [4.69, 9.17) is 23.2 Å². The van der Waals surface area contributed by atoms with Crippen molar-refractivity contribution in [2.45, 2.75) is 6.42 Å². The van der Waals surface area contributed by atoms with Gasteiger partial charge in [0.25, 0.3) is 0 Å². The quantitative estimate of drug-likeness (QED) is 0.853. The molecule has 2 rings (SSSR count). The minimum Gasteiger partial charge on any atom is -0.465 e. The Bertz CT molecular complexity index is 685. The van der Waals surface area contributed by atoms with Crippen LogP contribution in [-0.2, 0) is 16.0 Å². The molecule has 4 nitrogen and oxygen atoms in total. The number of carbonyl (C=O) groups is 2. The second-order valence-electron chi connectivity index (χ2n) is 4.13. The van der Waals surface area contributed by atoms with Gasteiger partial charge in [-0.3, -0.25) is 4.79 Å². The first kappa shape index (κ1) is 15.8. The Morgan fingerprint density at radius 1 is 1.24 bits per heavy atom. The molecule has 0 unspecified atom stereocenters. The summed E-state index contributed by atoms with van der Waals surface area (Å²) in [6.07, 6.45) is 0.132. The van der Waals surface area contributed by atoms with Gasteiger partial charge in [-0.15, -0.1) is 11.3 Å². The number of esters is 1. The fourth-order valence-electron chi connectivity index (χ4n) is 1.69. The monoisotopic (exact) mass is 343 g/mol. The predicted molar refractivity (Wildman–Crippen MR) is 84.5 cm³/mol. The number of methoxy groups -OCH3 is 1. The van der Waals surface area contributed by atoms with Crippen molar-refractivity contribution in [3.05, 3.63) is 50.1 Å². The summed E-state index contributed by atoms with van der Waals surface area (Å²) in [5.74, 6) is -0.730. The number of hydrogen-bond donors (Lipinski definition) is 1. The largest absolute Gasteiger partial charge is 0.465 e. The topological polar surface area (TPSA) is 55.4 Å². The van der Waals surface area contributed by atoms with Crippen molar-refractivity contribution in [3.8, 4) is 0 Å². The summed E-state index contributed by atoms with van der Waals surface area (Å²) in [6, 6.07) is 6.65. The lowest BCUT2D eigenvalue weighted by Crippen LogP contribution is -2.16. The SMILES string of the molecule is COC(=O)c1sccc1NC(=O)Cc1ccc(Cl)c(Cl)c1. The molecule has 1 aromatic heterocycles. The maximum absolute atomic E-state index is 12.0. The molecule has 7 heteroatoms. The van der Waals surface area contributed by atoms with Gasteiger partial charge in [-0.2, -0.15) is 0 Å². The van der Waals surface area contributed by atoms with Crippen LogP contribution in [0.15, 0.2) is 29.6 Å². The number of ether oxygens (including phenoxy) is 1. The normalized spacial score (nSPS) is 10.2. The molecule has 0 radical (unpaired) electrons. The van der Waals surface area contributed by atoms with Crippen LogP contribution < -0.4 is 5.32 Å². The highest BCUT2D eigenvalue weighted by molar-refractivity contribution is 7.12. The van der Waals surface area contributed by atoms with E-state index in [-0.39, 0.29) is 12.3 Å². The third kappa shape index (κ3) is 3.97. The lowest BCUT2D eigenvalue weighted by molar-refractivity contribution is -0.115. The second kappa shape index (κ2) is 6.93. The van der Waals surface area contributed by atoms with Gasteiger partial charge in [-0.05, 0) is 29.1 Å². The van der Waals surface area contributed by atoms with Gasteiger partial charge in [-0.25, -0.2) is 4.79 Å². The maximum Gasteiger partial charge on any atom is 0.350 e. The van der Waals surface area contributed by atoms with E-state index < -0.39 is 5.97 Å². The van der Waals surface area contributed by atoms with Crippen molar-refractivity contribution >= 4 is 52.1 Å². The molecule has 21 heavy (non-hydrogen) atoms. The summed E-state index contributed by atoms with van der Waals surface area (Å²) in [5.41, 5.74) is 1.17. The highest BCUT2D eigenvalue weighted by atomic mass is 35.5. The van der Waals surface area contributed by atoms with Gasteiger partial charge < -0.3 is 10.1 Å². The molecule has 1 amide bonds. The van der Waals surface area contributed by atoms with Gasteiger partial charge in [0.2, 0.25) is 5.91 Å². The fourth-order valence-corrected chi connectivity index (χ4v) is 2.77. The van der Waals surface area contributed by atoms with Crippen LogP contribution in [0.3, 0.4) is 0 Å². The Labute approximate surface area is 135 Å². The van der Waals surface area contributed by atoms with Crippen LogP contribution in [0, 0.1) is 0 Å². The Hall–Kier alpha value is -1.56. The van der Waals surface area contributed by atoms with Crippen LogP contribution in [0.5, 0.6) is 0 Å². The summed E-state index contributed by atoms with van der Waals surface area (Å²) in [5, 5.41) is 5.23. The molecule has 0 fully saturated rings. The summed E-state index contributed by atoms with van der Waals surface area (Å²) in [7, 11) is 1.30. The first-order valence-corrected chi connectivity index (χ1v) is 7.54. The number of carbonyl (C=O) groups excluding carboxylic acids is 2. The zero-order valence-electron chi connectivity index (χ0n) is 11.0. The van der Waals surface area contributed by atoms with E-state index in [9.17, 15) is 9.59 Å². The van der Waals surface area contributed by atoms with E-state index in [1.807, 2.05) is 0 Å². The third-order valence-electron chi connectivity index (χ3n) is 2.66. The number of nitrogens with one attached hydrogen (secondary N) is 1. The smallest absolute Gasteiger partial charge is 0.350 e. The number of anilines is 1. The first-order valence-electron chi connectivity index (χ1n) is 5.91. The molecule has 110 valence electrons. The molecular formula is C14H11Cl2NO3S. The van der Waals surface area contributed by atoms with E-state index in [2.05, 4.69) is 10.1 Å². The molecule has 0 atom stereocenters. The molecule has 0 saturated carbocycles. The summed E-state index contributed by atoms with van der Waals surface area (Å²) in [6.45, 7) is 0. The molecule has 1 heterocycles. The van der Waals surface area contributed by atoms with Gasteiger partial charge in [0, 0.05) is 0 Å². The fraction of sp³-hybridized carbons (Fsp3) is 0.143. The molecule has 1 N–H and O–H groups in total. The number of thiophene rings is 1. The second-order valence-corrected chi connectivity index (χ2v) is 5.86. The Balaban J connectivity index is 2.07. The average molecular weight is 344 g/mol. The predicted octanol–water partition coefficient (Wildman–Crippen LogP) is 4.02. The zero-order chi connectivity index (χ0) is 15.4. The summed E-state index contributed by atoms with van der Waals surface area (Å²) >= 11 is 12.9. The van der Waals surface area contributed by atoms with E-state index in [0.717, 1.165) is 5.56 Å². The van der Waals surface area contributed by atoms with Gasteiger partial charge in [0.05, 0.1) is 29.3 Å². The molecule has 2 aromatic rings. The standard InChI is InChI=1S/C14H11Cl2NO3S/c1-20-14(19)13-11(4-5-21-13)17-12(18)7-8-2-3-9(15)10(16)6-8/h2-6H,7H2,1H3,(H,17,18). The van der Waals surface area contributed by atoms with E-state index in [1.54, 1.807) is 29.6 Å². The number of amides is 1. The minimum atomic E-state index is -0.477. The van der Waals surface area contributed by atoms with Crippen LogP contribution in [-0.4, -0.2) is 19.0 Å². The molecular weight excluding hydrogens is 333 g/mol. The highest BCUT2D eigenvalue weighted by Gasteiger charge is 2.15. The van der Waals surface area contributed by atoms with Gasteiger partial charge in [0.1, 0.15) is 4.88 Å². The van der Waals surface area contributed by atoms with Crippen LogP contribution in [0.4, 0.5) is 5.69 Å². The number of benzene rings is 1. The summed E-state index contributed by atoms with van der Waals surface area (Å²) in [4.78, 5) is 23.9. The van der Waals surface area contributed by atoms with Crippen molar-refractivity contribution in [1.82, 2.24) is 0 Å². The van der Waals surface area contributed by atoms with Crippen LogP contribution >= 0.6 is 34.5 Å². The average Bonchev–Trinajstić information content (AvgIpc) is 2.90. The van der Waals surface area contributed by atoms with Crippen molar-refractivity contribution in [2.75, 3.05) is 12.4 Å². The van der Waals surface area contributed by atoms with Gasteiger partial charge in [-0.1, -0.05) is 29.3 Å². The van der Waals surface area contributed by atoms with Crippen LogP contribution in [0.1, 0.15) is 15.2 Å². The van der Waals surface area contributed by atoms with Crippen LogP contribution in [0.2, 0.25) is 10.0 Å². The molecule has 0 aliphatic rings. The van der Waals surface area contributed by atoms with E-state index >= 15 is 0 Å². The lowest BCUT2D eigenvalue weighted by Gasteiger charge is -2.06. The third-order valence-corrected chi connectivity index (χ3v) is 4.29. The lowest BCUT2D eigenvalue weighted by atomic mass is 10.1. The Morgan fingerprint density at radius 2 is 2.00 bits per heavy atom. The van der Waals surface area contributed by atoms with Gasteiger partial charge in [0.15, 0.2) is 0 Å². The van der Waals surface area contributed by atoms with Crippen molar-refractivity contribution in [3.63, 3.8) is 0 Å². The zero-order valence-corrected chi connectivity index (χ0v) is 13.3. The molecule has 0 spiro atoms. The molecule has 0 aliphatic heterocycles. The molecule has 0 aliphatic carbocycles. The number of rotatable bonds is 4. The highest BCUT2D eigenvalue weighted by Crippen LogP contribution is 2.25. The number of halogens is 2. The van der Waals surface area contributed by atoms with E-state index in [0.29, 0.717) is 20.6 Å². The minimum absolute atomic E-state index is 0.132. The molecule has 0 saturated heterocycles. The van der Waals surface area contributed by atoms with Crippen molar-refractivity contribution in [2.24, 2.45) is 0 Å². The van der Waals surface area contributed by atoms with Crippen molar-refractivity contribution in [1.29, 1.82) is 0 Å².